The molecule has 4 fully saturated rings. The fraction of sp³-hybridized carbons (Fsp3) is 1.00. The van der Waals surface area contributed by atoms with Crippen molar-refractivity contribution < 1.29 is 34.1 Å². The molecule has 0 N–H and O–H groups in total. The average molecular weight is 420 g/mol. The van der Waals surface area contributed by atoms with Crippen molar-refractivity contribution in [2.24, 2.45) is 11.8 Å². The summed E-state index contributed by atoms with van der Waals surface area (Å²) in [6.07, 6.45) is 28.9. The Labute approximate surface area is 175 Å². The zero-order chi connectivity index (χ0) is 14.6. The minimum atomic E-state index is 0. The van der Waals surface area contributed by atoms with Gasteiger partial charge in [0.25, 0.3) is 0 Å². The predicted octanol–water partition coefficient (Wildman–Crippen LogP) is 8.29. The van der Waals surface area contributed by atoms with Crippen LogP contribution < -0.4 is 0 Å². The fourth-order valence-corrected chi connectivity index (χ4v) is 4.73. The summed E-state index contributed by atoms with van der Waals surface area (Å²) in [5, 5.41) is 0. The molecule has 0 radical (unpaired) electrons. The van der Waals surface area contributed by atoms with Crippen LogP contribution in [-0.2, 0) is 34.1 Å². The monoisotopic (exact) mass is 420 g/mol. The van der Waals surface area contributed by atoms with Crippen LogP contribution in [0.15, 0.2) is 0 Å². The molecule has 0 heterocycles. The zero-order valence-corrected chi connectivity index (χ0v) is 17.5. The first-order valence-corrected chi connectivity index (χ1v) is 10.4. The molecule has 148 valence electrons. The van der Waals surface area contributed by atoms with Gasteiger partial charge in [0.05, 0.1) is 0 Å². The third kappa shape index (κ3) is 13.3. The minimum absolute atomic E-state index is 0. The average Bonchev–Trinajstić information content (AvgIpc) is 3.30. The molecule has 0 aromatic rings. The van der Waals surface area contributed by atoms with Crippen molar-refractivity contribution in [3.8, 4) is 0 Å². The van der Waals surface area contributed by atoms with Crippen molar-refractivity contribution in [1.29, 1.82) is 0 Å². The number of rotatable bonds is 2. The molecule has 2 heteroatoms. The van der Waals surface area contributed by atoms with E-state index in [-0.39, 0.29) is 41.6 Å². The summed E-state index contributed by atoms with van der Waals surface area (Å²) in [7, 11) is 0. The summed E-state index contributed by atoms with van der Waals surface area (Å²) >= 11 is 0. The largest absolute Gasteiger partial charge is 0.0776 e. The molecule has 4 aliphatic rings. The molecule has 0 bridgehead atoms. The van der Waals surface area contributed by atoms with Crippen molar-refractivity contribution in [2.75, 3.05) is 0 Å². The molecule has 0 saturated heterocycles. The standard InChI is InChI=1S/C11H20.2C5H10.CH4.2Fe/c1-2-6-10(5-1)9-11-7-3-4-8-11;2*1-2-4-5-3-1;;;/h10-11H,1-9H2;2*1-5H2;1H4;;. The summed E-state index contributed by atoms with van der Waals surface area (Å²) in [5.41, 5.74) is 0. The maximum absolute atomic E-state index is 1.58. The van der Waals surface area contributed by atoms with E-state index in [1.165, 1.54) is 89.9 Å². The van der Waals surface area contributed by atoms with E-state index in [0.29, 0.717) is 0 Å². The van der Waals surface area contributed by atoms with Crippen LogP contribution in [0.3, 0.4) is 0 Å². The van der Waals surface area contributed by atoms with Crippen LogP contribution in [0, 0.1) is 11.8 Å². The van der Waals surface area contributed by atoms with Gasteiger partial charge in [-0.05, 0) is 18.3 Å². The van der Waals surface area contributed by atoms with Gasteiger partial charge in [-0.3, -0.25) is 0 Å². The summed E-state index contributed by atoms with van der Waals surface area (Å²) in [4.78, 5) is 0. The number of hydrogen-bond acceptors (Lipinski definition) is 0. The smallest absolute Gasteiger partial charge is 0 e. The van der Waals surface area contributed by atoms with E-state index < -0.39 is 0 Å². The van der Waals surface area contributed by atoms with Gasteiger partial charge < -0.3 is 0 Å². The minimum Gasteiger partial charge on any atom is -0.0776 e. The van der Waals surface area contributed by atoms with Crippen molar-refractivity contribution in [2.45, 2.75) is 129 Å². The SMILES string of the molecule is C.C1CCC(CC2CCCC2)C1.C1CCCC1.C1CCCC1.[Fe].[Fe]. The van der Waals surface area contributed by atoms with Gasteiger partial charge in [-0.1, -0.05) is 123 Å². The normalized spacial score (nSPS) is 23.0. The molecule has 0 spiro atoms. The summed E-state index contributed by atoms with van der Waals surface area (Å²) in [5.74, 6) is 2.27. The molecule has 24 heavy (non-hydrogen) atoms. The fourth-order valence-electron chi connectivity index (χ4n) is 4.73. The van der Waals surface area contributed by atoms with E-state index in [9.17, 15) is 0 Å². The molecule has 4 saturated carbocycles. The van der Waals surface area contributed by atoms with E-state index in [0.717, 1.165) is 11.8 Å². The second-order valence-electron chi connectivity index (χ2n) is 8.07. The molecule has 0 aromatic carbocycles. The van der Waals surface area contributed by atoms with Gasteiger partial charge in [-0.25, -0.2) is 0 Å². The Balaban J connectivity index is 0. The first-order chi connectivity index (χ1) is 10.4. The third-order valence-corrected chi connectivity index (χ3v) is 6.12. The van der Waals surface area contributed by atoms with Crippen LogP contribution in [0.4, 0.5) is 0 Å². The Kier molecular flexibility index (Phi) is 21.4. The maximum atomic E-state index is 1.58. The molecule has 0 aromatic heterocycles. The third-order valence-electron chi connectivity index (χ3n) is 6.12. The van der Waals surface area contributed by atoms with Gasteiger partial charge in [0, 0.05) is 34.1 Å². The van der Waals surface area contributed by atoms with Crippen LogP contribution in [-0.4, -0.2) is 0 Å². The van der Waals surface area contributed by atoms with Gasteiger partial charge in [0.15, 0.2) is 0 Å². The molecule has 0 atom stereocenters. The molecule has 4 rings (SSSR count). The predicted molar refractivity (Wildman–Crippen MR) is 101 cm³/mol. The first kappa shape index (κ1) is 27.3. The second-order valence-corrected chi connectivity index (χ2v) is 8.07. The van der Waals surface area contributed by atoms with Crippen LogP contribution >= 0.6 is 0 Å². The van der Waals surface area contributed by atoms with Crippen LogP contribution in [0.1, 0.15) is 129 Å². The number of hydrogen-bond donors (Lipinski definition) is 0. The van der Waals surface area contributed by atoms with Crippen molar-refractivity contribution in [1.82, 2.24) is 0 Å². The van der Waals surface area contributed by atoms with Crippen molar-refractivity contribution >= 4 is 0 Å². The molecular formula is C22H44Fe2. The zero-order valence-electron chi connectivity index (χ0n) is 15.3. The van der Waals surface area contributed by atoms with Gasteiger partial charge in [0.2, 0.25) is 0 Å². The maximum Gasteiger partial charge on any atom is 0 e. The quantitative estimate of drug-likeness (QED) is 0.394. The van der Waals surface area contributed by atoms with E-state index in [2.05, 4.69) is 0 Å². The molecule has 0 aliphatic heterocycles. The first-order valence-electron chi connectivity index (χ1n) is 10.4. The Morgan fingerprint density at radius 1 is 0.375 bits per heavy atom. The molecular weight excluding hydrogens is 376 g/mol. The molecule has 4 aliphatic carbocycles. The van der Waals surface area contributed by atoms with Crippen molar-refractivity contribution in [3.63, 3.8) is 0 Å². The second kappa shape index (κ2) is 18.8. The summed E-state index contributed by atoms with van der Waals surface area (Å²) in [6.45, 7) is 0. The van der Waals surface area contributed by atoms with E-state index in [1.54, 1.807) is 32.1 Å². The van der Waals surface area contributed by atoms with Gasteiger partial charge >= 0.3 is 0 Å². The molecule has 0 nitrogen and oxygen atoms in total. The van der Waals surface area contributed by atoms with E-state index in [1.807, 2.05) is 0 Å². The molecule has 0 unspecified atom stereocenters. The summed E-state index contributed by atoms with van der Waals surface area (Å²) in [6, 6.07) is 0. The topological polar surface area (TPSA) is 0 Å². The van der Waals surface area contributed by atoms with Crippen LogP contribution in [0.2, 0.25) is 0 Å². The Bertz CT molecular complexity index is 183. The van der Waals surface area contributed by atoms with E-state index in [4.69, 9.17) is 0 Å². The Morgan fingerprint density at radius 3 is 0.792 bits per heavy atom. The van der Waals surface area contributed by atoms with Gasteiger partial charge in [-0.15, -0.1) is 0 Å². The van der Waals surface area contributed by atoms with Gasteiger partial charge in [-0.2, -0.15) is 0 Å². The van der Waals surface area contributed by atoms with Crippen molar-refractivity contribution in [3.05, 3.63) is 0 Å². The Morgan fingerprint density at radius 2 is 0.583 bits per heavy atom. The van der Waals surface area contributed by atoms with E-state index >= 15 is 0 Å². The summed E-state index contributed by atoms with van der Waals surface area (Å²) < 4.78 is 0. The van der Waals surface area contributed by atoms with Crippen LogP contribution in [0.25, 0.3) is 0 Å². The molecule has 0 amide bonds. The van der Waals surface area contributed by atoms with Gasteiger partial charge in [0.1, 0.15) is 0 Å². The Hall–Kier alpha value is 1.04. The van der Waals surface area contributed by atoms with Crippen LogP contribution in [0.5, 0.6) is 0 Å².